The highest BCUT2D eigenvalue weighted by atomic mass is 35.5. The van der Waals surface area contributed by atoms with Crippen molar-refractivity contribution in [1.29, 1.82) is 0 Å². The number of hydrogen-bond acceptors (Lipinski definition) is 2. The van der Waals surface area contributed by atoms with E-state index >= 15 is 0 Å². The number of nitrogens with zero attached hydrogens (tertiary/aromatic N) is 1. The fraction of sp³-hybridized carbons (Fsp3) is 0.0909. The van der Waals surface area contributed by atoms with Gasteiger partial charge in [0.05, 0.1) is 10.5 Å². The van der Waals surface area contributed by atoms with E-state index < -0.39 is 0 Å². The lowest BCUT2D eigenvalue weighted by molar-refractivity contribution is 1.25. The molecule has 0 aliphatic carbocycles. The molecule has 0 spiro atoms. The van der Waals surface area contributed by atoms with E-state index in [1.165, 1.54) is 0 Å². The van der Waals surface area contributed by atoms with Crippen molar-refractivity contribution in [2.24, 2.45) is 5.73 Å². The van der Waals surface area contributed by atoms with Gasteiger partial charge >= 0.3 is 0 Å². The first-order chi connectivity index (χ1) is 7.09. The minimum absolute atomic E-state index is 0.342. The van der Waals surface area contributed by atoms with Crippen LogP contribution in [0.3, 0.4) is 0 Å². The van der Waals surface area contributed by atoms with Gasteiger partial charge in [0.25, 0.3) is 0 Å². The van der Waals surface area contributed by atoms with E-state index in [1.807, 2.05) is 31.2 Å². The van der Waals surface area contributed by atoms with Gasteiger partial charge in [0.15, 0.2) is 0 Å². The molecule has 15 heavy (non-hydrogen) atoms. The fourth-order valence-corrected chi connectivity index (χ4v) is 2.00. The molecule has 0 fully saturated rings. The van der Waals surface area contributed by atoms with E-state index in [-0.39, 0.29) is 0 Å². The van der Waals surface area contributed by atoms with E-state index in [4.69, 9.17) is 29.6 Å². The smallest absolute Gasteiger partial charge is 0.106 e. The van der Waals surface area contributed by atoms with Crippen LogP contribution in [0.5, 0.6) is 0 Å². The number of thiocarbonyl (C=S) groups is 1. The molecular weight excluding hydrogens is 228 g/mol. The van der Waals surface area contributed by atoms with Crippen LogP contribution < -0.4 is 5.73 Å². The largest absolute Gasteiger partial charge is 0.389 e. The second kappa shape index (κ2) is 3.76. The lowest BCUT2D eigenvalue weighted by Crippen LogP contribution is -2.10. The first-order valence-corrected chi connectivity index (χ1v) is 5.24. The molecule has 0 aliphatic rings. The lowest BCUT2D eigenvalue weighted by Gasteiger charge is -2.06. The molecule has 1 aromatic carbocycles. The Morgan fingerprint density at radius 3 is 2.87 bits per heavy atom. The monoisotopic (exact) mass is 236 g/mol. The second-order valence-corrected chi connectivity index (χ2v) is 4.16. The Bertz CT molecular complexity index is 552. The fourth-order valence-electron chi connectivity index (χ4n) is 1.53. The van der Waals surface area contributed by atoms with Crippen LogP contribution in [0.15, 0.2) is 24.3 Å². The maximum Gasteiger partial charge on any atom is 0.106 e. The van der Waals surface area contributed by atoms with Crippen LogP contribution in [-0.4, -0.2) is 9.97 Å². The highest BCUT2D eigenvalue weighted by Gasteiger charge is 2.07. The summed E-state index contributed by atoms with van der Waals surface area (Å²) >= 11 is 11.1. The molecule has 0 saturated heterocycles. The van der Waals surface area contributed by atoms with E-state index in [1.54, 1.807) is 0 Å². The third-order valence-corrected chi connectivity index (χ3v) is 2.72. The number of halogens is 1. The Hall–Kier alpha value is -1.19. The average Bonchev–Trinajstić information content (AvgIpc) is 2.16. The van der Waals surface area contributed by atoms with Crippen molar-refractivity contribution in [3.63, 3.8) is 0 Å². The van der Waals surface area contributed by atoms with Gasteiger partial charge in [-0.2, -0.15) is 0 Å². The van der Waals surface area contributed by atoms with Gasteiger partial charge in [-0.15, -0.1) is 0 Å². The maximum atomic E-state index is 6.11. The highest BCUT2D eigenvalue weighted by molar-refractivity contribution is 7.80. The third kappa shape index (κ3) is 1.80. The Labute approximate surface area is 98.1 Å². The van der Waals surface area contributed by atoms with Crippen molar-refractivity contribution in [3.05, 3.63) is 40.5 Å². The summed E-state index contributed by atoms with van der Waals surface area (Å²) in [6, 6.07) is 7.46. The second-order valence-electron chi connectivity index (χ2n) is 3.31. The van der Waals surface area contributed by atoms with Crippen molar-refractivity contribution < 1.29 is 0 Å². The van der Waals surface area contributed by atoms with E-state index in [0.717, 1.165) is 22.2 Å². The molecule has 2 nitrogen and oxygen atoms in total. The number of rotatable bonds is 1. The molecule has 0 amide bonds. The van der Waals surface area contributed by atoms with Crippen LogP contribution in [0.2, 0.25) is 5.02 Å². The topological polar surface area (TPSA) is 38.9 Å². The van der Waals surface area contributed by atoms with Crippen molar-refractivity contribution in [1.82, 2.24) is 4.98 Å². The molecule has 2 rings (SSSR count). The highest BCUT2D eigenvalue weighted by Crippen LogP contribution is 2.25. The lowest BCUT2D eigenvalue weighted by atomic mass is 10.1. The Morgan fingerprint density at radius 1 is 1.47 bits per heavy atom. The quantitative estimate of drug-likeness (QED) is 0.774. The zero-order chi connectivity index (χ0) is 11.0. The first-order valence-electron chi connectivity index (χ1n) is 4.45. The van der Waals surface area contributed by atoms with Gasteiger partial charge in [0.1, 0.15) is 4.99 Å². The van der Waals surface area contributed by atoms with Crippen LogP contribution in [0, 0.1) is 6.92 Å². The summed E-state index contributed by atoms with van der Waals surface area (Å²) in [5, 5.41) is 1.56. The summed E-state index contributed by atoms with van der Waals surface area (Å²) in [4.78, 5) is 4.75. The third-order valence-electron chi connectivity index (χ3n) is 2.18. The molecule has 0 radical (unpaired) electrons. The molecule has 0 unspecified atom stereocenters. The predicted molar refractivity (Wildman–Crippen MR) is 67.4 cm³/mol. The number of pyridine rings is 1. The van der Waals surface area contributed by atoms with Crippen LogP contribution in [0.4, 0.5) is 0 Å². The molecule has 4 heteroatoms. The summed E-state index contributed by atoms with van der Waals surface area (Å²) in [7, 11) is 0. The van der Waals surface area contributed by atoms with Gasteiger partial charge in [0, 0.05) is 16.6 Å². The zero-order valence-electron chi connectivity index (χ0n) is 8.12. The molecule has 0 bridgehead atoms. The summed E-state index contributed by atoms with van der Waals surface area (Å²) in [6.07, 6.45) is 0. The van der Waals surface area contributed by atoms with Crippen molar-refractivity contribution >= 4 is 39.7 Å². The molecule has 0 aliphatic heterocycles. The molecule has 0 saturated carbocycles. The molecule has 76 valence electrons. The Balaban J connectivity index is 2.91. The van der Waals surface area contributed by atoms with E-state index in [0.29, 0.717) is 10.0 Å². The molecule has 1 heterocycles. The number of nitrogens with two attached hydrogens (primary N) is 1. The minimum Gasteiger partial charge on any atom is -0.389 e. The number of aryl methyl sites for hydroxylation is 1. The van der Waals surface area contributed by atoms with Crippen LogP contribution >= 0.6 is 23.8 Å². The van der Waals surface area contributed by atoms with E-state index in [2.05, 4.69) is 4.98 Å². The van der Waals surface area contributed by atoms with Crippen molar-refractivity contribution in [3.8, 4) is 0 Å². The zero-order valence-corrected chi connectivity index (χ0v) is 9.69. The molecular formula is C11H9ClN2S. The number of benzene rings is 1. The summed E-state index contributed by atoms with van der Waals surface area (Å²) in [5.74, 6) is 0. The summed E-state index contributed by atoms with van der Waals surface area (Å²) in [6.45, 7) is 1.89. The van der Waals surface area contributed by atoms with Crippen LogP contribution in [0.25, 0.3) is 10.9 Å². The van der Waals surface area contributed by atoms with Gasteiger partial charge in [-0.25, -0.2) is 0 Å². The number of fused-ring (bicyclic) bond motifs is 1. The number of aromatic nitrogens is 1. The van der Waals surface area contributed by atoms with Crippen molar-refractivity contribution in [2.75, 3.05) is 0 Å². The number of hydrogen-bond donors (Lipinski definition) is 1. The Kier molecular flexibility index (Phi) is 2.59. The molecule has 0 atom stereocenters. The Morgan fingerprint density at radius 2 is 2.20 bits per heavy atom. The first kappa shape index (κ1) is 10.3. The van der Waals surface area contributed by atoms with Crippen molar-refractivity contribution in [2.45, 2.75) is 6.92 Å². The predicted octanol–water partition coefficient (Wildman–Crippen LogP) is 2.83. The molecule has 1 aromatic heterocycles. The van der Waals surface area contributed by atoms with E-state index in [9.17, 15) is 0 Å². The summed E-state index contributed by atoms with van der Waals surface area (Å²) in [5.41, 5.74) is 8.03. The maximum absolute atomic E-state index is 6.11. The normalized spacial score (nSPS) is 10.5. The average molecular weight is 237 g/mol. The molecule has 2 N–H and O–H groups in total. The van der Waals surface area contributed by atoms with Gasteiger partial charge in [-0.3, -0.25) is 4.98 Å². The van der Waals surface area contributed by atoms with Crippen LogP contribution in [0.1, 0.15) is 11.3 Å². The van der Waals surface area contributed by atoms with Gasteiger partial charge < -0.3 is 5.73 Å². The van der Waals surface area contributed by atoms with Gasteiger partial charge in [0.2, 0.25) is 0 Å². The van der Waals surface area contributed by atoms with Gasteiger partial charge in [-0.05, 0) is 19.1 Å². The van der Waals surface area contributed by atoms with Crippen LogP contribution in [-0.2, 0) is 0 Å². The van der Waals surface area contributed by atoms with Gasteiger partial charge in [-0.1, -0.05) is 36.0 Å². The summed E-state index contributed by atoms with van der Waals surface area (Å²) < 4.78 is 0. The molecule has 2 aromatic rings. The SMILES string of the molecule is Cc1cc(Cl)c2cccc(C(N)=S)c2n1. The standard InChI is InChI=1S/C11H9ClN2S/c1-6-5-9(12)7-3-2-4-8(11(13)15)10(7)14-6/h2-5H,1H3,(H2,13,15). The number of para-hydroxylation sites is 1. The minimum atomic E-state index is 0.342.